The normalized spacial score (nSPS) is 17.3. The van der Waals surface area contributed by atoms with Crippen LogP contribution in [-0.2, 0) is 10.0 Å². The highest BCUT2D eigenvalue weighted by Gasteiger charge is 2.24. The molecule has 1 aliphatic rings. The lowest BCUT2D eigenvalue weighted by molar-refractivity contribution is 0.387. The van der Waals surface area contributed by atoms with Gasteiger partial charge in [-0.05, 0) is 18.2 Å². The van der Waals surface area contributed by atoms with Crippen molar-refractivity contribution in [3.8, 4) is 0 Å². The SMILES string of the molecule is CS(=O)(=O)N1CCN(c2ncnc3cc(N)ccc23)CC1. The fourth-order valence-corrected chi connectivity index (χ4v) is 3.37. The zero-order chi connectivity index (χ0) is 15.0. The van der Waals surface area contributed by atoms with Crippen LogP contribution in [0.3, 0.4) is 0 Å². The van der Waals surface area contributed by atoms with Gasteiger partial charge >= 0.3 is 0 Å². The van der Waals surface area contributed by atoms with Crippen molar-refractivity contribution in [2.24, 2.45) is 0 Å². The fraction of sp³-hybridized carbons (Fsp3) is 0.385. The Morgan fingerprint density at radius 3 is 2.52 bits per heavy atom. The molecule has 8 heteroatoms. The van der Waals surface area contributed by atoms with Crippen LogP contribution in [0.2, 0.25) is 0 Å². The molecular formula is C13H17N5O2S. The average Bonchev–Trinajstić information content (AvgIpc) is 2.45. The molecule has 0 radical (unpaired) electrons. The summed E-state index contributed by atoms with van der Waals surface area (Å²) in [5, 5.41) is 0.930. The lowest BCUT2D eigenvalue weighted by atomic mass is 10.2. The van der Waals surface area contributed by atoms with Gasteiger partial charge in [0.15, 0.2) is 0 Å². The maximum absolute atomic E-state index is 11.5. The Morgan fingerprint density at radius 2 is 1.86 bits per heavy atom. The molecule has 1 aliphatic heterocycles. The van der Waals surface area contributed by atoms with Gasteiger partial charge in [0.25, 0.3) is 0 Å². The number of benzene rings is 1. The van der Waals surface area contributed by atoms with Gasteiger partial charge in [-0.1, -0.05) is 0 Å². The molecule has 1 aromatic carbocycles. The highest BCUT2D eigenvalue weighted by Crippen LogP contribution is 2.25. The van der Waals surface area contributed by atoms with Gasteiger partial charge in [-0.15, -0.1) is 0 Å². The summed E-state index contributed by atoms with van der Waals surface area (Å²) in [6.07, 6.45) is 2.76. The molecular weight excluding hydrogens is 290 g/mol. The summed E-state index contributed by atoms with van der Waals surface area (Å²) in [7, 11) is -3.12. The number of nitrogens with two attached hydrogens (primary N) is 1. The van der Waals surface area contributed by atoms with Crippen LogP contribution in [0.4, 0.5) is 11.5 Å². The van der Waals surface area contributed by atoms with Crippen LogP contribution in [0.15, 0.2) is 24.5 Å². The largest absolute Gasteiger partial charge is 0.399 e. The summed E-state index contributed by atoms with van der Waals surface area (Å²) in [4.78, 5) is 10.7. The Kier molecular flexibility index (Phi) is 3.42. The molecule has 1 saturated heterocycles. The van der Waals surface area contributed by atoms with E-state index in [9.17, 15) is 8.42 Å². The van der Waals surface area contributed by atoms with E-state index in [2.05, 4.69) is 14.9 Å². The van der Waals surface area contributed by atoms with Crippen LogP contribution in [-0.4, -0.2) is 55.1 Å². The number of hydrogen-bond donors (Lipinski definition) is 1. The Morgan fingerprint density at radius 1 is 1.14 bits per heavy atom. The number of hydrogen-bond acceptors (Lipinski definition) is 6. The number of nitrogen functional groups attached to an aromatic ring is 1. The molecule has 0 unspecified atom stereocenters. The van der Waals surface area contributed by atoms with Gasteiger partial charge in [0.05, 0.1) is 11.8 Å². The summed E-state index contributed by atoms with van der Waals surface area (Å²) < 4.78 is 24.6. The quantitative estimate of drug-likeness (QED) is 0.802. The third-order valence-electron chi connectivity index (χ3n) is 3.65. The summed E-state index contributed by atoms with van der Waals surface area (Å²) in [6.45, 7) is 2.17. The number of anilines is 2. The first-order valence-corrected chi connectivity index (χ1v) is 8.50. The molecule has 0 spiro atoms. The van der Waals surface area contributed by atoms with Gasteiger partial charge < -0.3 is 10.6 Å². The van der Waals surface area contributed by atoms with Crippen molar-refractivity contribution in [2.75, 3.05) is 43.1 Å². The second-order valence-electron chi connectivity index (χ2n) is 5.12. The van der Waals surface area contributed by atoms with E-state index < -0.39 is 10.0 Å². The fourth-order valence-electron chi connectivity index (χ4n) is 2.54. The summed E-state index contributed by atoms with van der Waals surface area (Å²) in [5.41, 5.74) is 7.23. The maximum atomic E-state index is 11.5. The zero-order valence-electron chi connectivity index (χ0n) is 11.7. The van der Waals surface area contributed by atoms with E-state index in [1.165, 1.54) is 16.9 Å². The monoisotopic (exact) mass is 307 g/mol. The Bertz CT molecular complexity index is 769. The predicted molar refractivity (Wildman–Crippen MR) is 82.6 cm³/mol. The van der Waals surface area contributed by atoms with Crippen LogP contribution >= 0.6 is 0 Å². The van der Waals surface area contributed by atoms with Crippen LogP contribution in [0.1, 0.15) is 0 Å². The molecule has 112 valence electrons. The summed E-state index contributed by atoms with van der Waals surface area (Å²) in [5.74, 6) is 0.827. The molecule has 7 nitrogen and oxygen atoms in total. The van der Waals surface area contributed by atoms with Crippen molar-refractivity contribution in [1.82, 2.24) is 14.3 Å². The van der Waals surface area contributed by atoms with Crippen molar-refractivity contribution in [3.05, 3.63) is 24.5 Å². The number of rotatable bonds is 2. The first-order valence-electron chi connectivity index (χ1n) is 6.65. The van der Waals surface area contributed by atoms with E-state index in [4.69, 9.17) is 5.73 Å². The van der Waals surface area contributed by atoms with Crippen molar-refractivity contribution < 1.29 is 8.42 Å². The molecule has 0 saturated carbocycles. The maximum Gasteiger partial charge on any atom is 0.211 e. The first-order chi connectivity index (χ1) is 9.95. The molecule has 0 aliphatic carbocycles. The number of aromatic nitrogens is 2. The first kappa shape index (κ1) is 14.0. The van der Waals surface area contributed by atoms with Crippen LogP contribution < -0.4 is 10.6 Å². The van der Waals surface area contributed by atoms with Crippen molar-refractivity contribution in [1.29, 1.82) is 0 Å². The average molecular weight is 307 g/mol. The zero-order valence-corrected chi connectivity index (χ0v) is 12.5. The lowest BCUT2D eigenvalue weighted by Gasteiger charge is -2.34. The van der Waals surface area contributed by atoms with E-state index in [0.717, 1.165) is 16.7 Å². The molecule has 3 rings (SSSR count). The van der Waals surface area contributed by atoms with Crippen LogP contribution in [0, 0.1) is 0 Å². The smallest absolute Gasteiger partial charge is 0.211 e. The van der Waals surface area contributed by atoms with E-state index >= 15 is 0 Å². The Labute approximate surface area is 123 Å². The highest BCUT2D eigenvalue weighted by molar-refractivity contribution is 7.88. The van der Waals surface area contributed by atoms with Gasteiger partial charge in [0.1, 0.15) is 12.1 Å². The standard InChI is InChI=1S/C13H17N5O2S/c1-21(19,20)18-6-4-17(5-7-18)13-11-3-2-10(14)8-12(11)15-9-16-13/h2-3,8-9H,4-7,14H2,1H3. The second kappa shape index (κ2) is 5.12. The van der Waals surface area contributed by atoms with Crippen LogP contribution in [0.25, 0.3) is 10.9 Å². The molecule has 2 aromatic rings. The minimum Gasteiger partial charge on any atom is -0.399 e. The third-order valence-corrected chi connectivity index (χ3v) is 4.95. The Hall–Kier alpha value is -1.93. The molecule has 21 heavy (non-hydrogen) atoms. The summed E-state index contributed by atoms with van der Waals surface area (Å²) in [6, 6.07) is 5.54. The molecule has 0 amide bonds. The van der Waals surface area contributed by atoms with E-state index in [1.54, 1.807) is 0 Å². The number of sulfonamides is 1. The molecule has 0 bridgehead atoms. The van der Waals surface area contributed by atoms with Gasteiger partial charge in [0.2, 0.25) is 10.0 Å². The molecule has 1 fully saturated rings. The molecule has 0 atom stereocenters. The van der Waals surface area contributed by atoms with Gasteiger partial charge in [-0.3, -0.25) is 0 Å². The van der Waals surface area contributed by atoms with Crippen molar-refractivity contribution in [2.45, 2.75) is 0 Å². The highest BCUT2D eigenvalue weighted by atomic mass is 32.2. The third kappa shape index (κ3) is 2.77. The molecule has 1 aromatic heterocycles. The van der Waals surface area contributed by atoms with Crippen LogP contribution in [0.5, 0.6) is 0 Å². The number of piperazine rings is 1. The van der Waals surface area contributed by atoms with Crippen molar-refractivity contribution >= 4 is 32.4 Å². The summed E-state index contributed by atoms with van der Waals surface area (Å²) >= 11 is 0. The minimum atomic E-state index is -3.12. The second-order valence-corrected chi connectivity index (χ2v) is 7.11. The predicted octanol–water partition coefficient (Wildman–Crippen LogP) is 0.294. The topological polar surface area (TPSA) is 92.4 Å². The van der Waals surface area contributed by atoms with E-state index in [-0.39, 0.29) is 0 Å². The number of nitrogens with zero attached hydrogens (tertiary/aromatic N) is 4. The Balaban J connectivity index is 1.89. The minimum absolute atomic E-state index is 0.472. The number of fused-ring (bicyclic) bond motifs is 1. The van der Waals surface area contributed by atoms with E-state index in [1.807, 2.05) is 18.2 Å². The molecule has 2 N–H and O–H groups in total. The van der Waals surface area contributed by atoms with Gasteiger partial charge in [0, 0.05) is 37.3 Å². The molecule has 2 heterocycles. The van der Waals surface area contributed by atoms with Gasteiger partial charge in [-0.2, -0.15) is 4.31 Å². The lowest BCUT2D eigenvalue weighted by Crippen LogP contribution is -2.48. The van der Waals surface area contributed by atoms with Crippen molar-refractivity contribution in [3.63, 3.8) is 0 Å². The van der Waals surface area contributed by atoms with Gasteiger partial charge in [-0.25, -0.2) is 18.4 Å². The van der Waals surface area contributed by atoms with E-state index in [0.29, 0.717) is 31.9 Å².